The van der Waals surface area contributed by atoms with Crippen molar-refractivity contribution >= 4 is 34.2 Å². The van der Waals surface area contributed by atoms with Crippen molar-refractivity contribution in [1.29, 1.82) is 0 Å². The Labute approximate surface area is 208 Å². The molecule has 184 valence electrons. The number of fused-ring (bicyclic) bond motifs is 1. The molecule has 0 radical (unpaired) electrons. The van der Waals surface area contributed by atoms with Crippen LogP contribution in [0.25, 0.3) is 22.0 Å². The number of carbonyl (C=O) groups is 2. The fraction of sp³-hybridized carbons (Fsp3) is 0.222. The standard InChI is InChI=1S/C27H27N5O4/c1-14(2)36-20-9-18(27(34)35-5)8-19(11-20)32-25-21-7-6-17(22-12-29-16(4)31-15(22)3)10-24(21)30-13-23(25)26(28)33/h6-14H,1-5H3,(H2,28,33)(H,30,32). The second-order valence-electron chi connectivity index (χ2n) is 8.59. The highest BCUT2D eigenvalue weighted by atomic mass is 16.5. The van der Waals surface area contributed by atoms with Gasteiger partial charge in [-0.25, -0.2) is 14.8 Å². The predicted octanol–water partition coefficient (Wildman–Crippen LogP) is 4.72. The number of ether oxygens (including phenoxy) is 2. The van der Waals surface area contributed by atoms with Gasteiger partial charge in [0.2, 0.25) is 0 Å². The summed E-state index contributed by atoms with van der Waals surface area (Å²) >= 11 is 0. The van der Waals surface area contributed by atoms with Crippen molar-refractivity contribution in [1.82, 2.24) is 15.0 Å². The molecular formula is C27H27N5O4. The van der Waals surface area contributed by atoms with Crippen molar-refractivity contribution in [3.8, 4) is 16.9 Å². The maximum absolute atomic E-state index is 12.3. The van der Waals surface area contributed by atoms with Gasteiger partial charge in [-0.2, -0.15) is 0 Å². The van der Waals surface area contributed by atoms with Gasteiger partial charge in [-0.1, -0.05) is 12.1 Å². The van der Waals surface area contributed by atoms with E-state index in [0.29, 0.717) is 39.4 Å². The number of primary amides is 1. The lowest BCUT2D eigenvalue weighted by molar-refractivity contribution is 0.0600. The van der Waals surface area contributed by atoms with Crippen LogP contribution in [0.2, 0.25) is 0 Å². The van der Waals surface area contributed by atoms with Crippen LogP contribution in [-0.2, 0) is 4.74 Å². The molecule has 0 saturated heterocycles. The molecule has 0 spiro atoms. The topological polar surface area (TPSA) is 129 Å². The van der Waals surface area contributed by atoms with Crippen molar-refractivity contribution in [2.75, 3.05) is 12.4 Å². The first-order valence-electron chi connectivity index (χ1n) is 11.4. The molecular weight excluding hydrogens is 458 g/mol. The van der Waals surface area contributed by atoms with Gasteiger partial charge >= 0.3 is 5.97 Å². The van der Waals surface area contributed by atoms with Gasteiger partial charge in [0.05, 0.1) is 35.5 Å². The highest BCUT2D eigenvalue weighted by Crippen LogP contribution is 2.34. The minimum atomic E-state index is -0.637. The predicted molar refractivity (Wildman–Crippen MR) is 138 cm³/mol. The normalized spacial score (nSPS) is 10.9. The van der Waals surface area contributed by atoms with Crippen molar-refractivity contribution in [2.45, 2.75) is 33.8 Å². The second kappa shape index (κ2) is 9.99. The number of benzene rings is 2. The Morgan fingerprint density at radius 1 is 1.03 bits per heavy atom. The number of esters is 1. The molecule has 36 heavy (non-hydrogen) atoms. The summed E-state index contributed by atoms with van der Waals surface area (Å²) in [6.07, 6.45) is 3.11. The minimum Gasteiger partial charge on any atom is -0.491 e. The number of nitrogens with zero attached hydrogens (tertiary/aromatic N) is 3. The van der Waals surface area contributed by atoms with Crippen LogP contribution >= 0.6 is 0 Å². The molecule has 0 atom stereocenters. The molecule has 0 bridgehead atoms. The third-order valence-corrected chi connectivity index (χ3v) is 5.51. The zero-order valence-electron chi connectivity index (χ0n) is 20.7. The Morgan fingerprint density at radius 2 is 1.81 bits per heavy atom. The number of nitrogens with two attached hydrogens (primary N) is 1. The molecule has 2 heterocycles. The summed E-state index contributed by atoms with van der Waals surface area (Å²) in [5, 5.41) is 3.93. The monoisotopic (exact) mass is 485 g/mol. The van der Waals surface area contributed by atoms with Crippen molar-refractivity contribution in [3.05, 3.63) is 71.4 Å². The van der Waals surface area contributed by atoms with Crippen LogP contribution in [0.1, 0.15) is 46.1 Å². The van der Waals surface area contributed by atoms with Gasteiger partial charge in [-0.05, 0) is 51.5 Å². The molecule has 9 heteroatoms. The molecule has 1 amide bonds. The smallest absolute Gasteiger partial charge is 0.338 e. The Morgan fingerprint density at radius 3 is 2.47 bits per heavy atom. The number of anilines is 2. The van der Waals surface area contributed by atoms with Gasteiger partial charge in [0.15, 0.2) is 0 Å². The largest absolute Gasteiger partial charge is 0.491 e. The third kappa shape index (κ3) is 5.10. The molecule has 0 aliphatic rings. The molecule has 0 aliphatic carbocycles. The maximum Gasteiger partial charge on any atom is 0.338 e. The Balaban J connectivity index is 1.84. The number of nitrogens with one attached hydrogen (secondary N) is 1. The number of aromatic nitrogens is 3. The molecule has 2 aromatic heterocycles. The lowest BCUT2D eigenvalue weighted by Gasteiger charge is -2.17. The van der Waals surface area contributed by atoms with E-state index in [1.54, 1.807) is 24.4 Å². The van der Waals surface area contributed by atoms with E-state index in [9.17, 15) is 9.59 Å². The lowest BCUT2D eigenvalue weighted by atomic mass is 10.0. The Kier molecular flexibility index (Phi) is 6.82. The zero-order valence-corrected chi connectivity index (χ0v) is 20.7. The number of pyridine rings is 1. The first-order valence-corrected chi connectivity index (χ1v) is 11.4. The van der Waals surface area contributed by atoms with E-state index < -0.39 is 11.9 Å². The molecule has 4 aromatic rings. The van der Waals surface area contributed by atoms with Gasteiger partial charge < -0.3 is 20.5 Å². The van der Waals surface area contributed by atoms with Crippen LogP contribution in [-0.4, -0.2) is 40.0 Å². The van der Waals surface area contributed by atoms with Crippen LogP contribution in [0.3, 0.4) is 0 Å². The van der Waals surface area contributed by atoms with Crippen molar-refractivity contribution in [3.63, 3.8) is 0 Å². The molecule has 2 aromatic carbocycles. The highest BCUT2D eigenvalue weighted by molar-refractivity contribution is 6.08. The number of carbonyl (C=O) groups excluding carboxylic acids is 2. The number of methoxy groups -OCH3 is 1. The van der Waals surface area contributed by atoms with E-state index in [2.05, 4.69) is 20.3 Å². The van der Waals surface area contributed by atoms with Gasteiger partial charge in [0, 0.05) is 40.8 Å². The van der Waals surface area contributed by atoms with Crippen LogP contribution < -0.4 is 15.8 Å². The molecule has 0 saturated carbocycles. The minimum absolute atomic E-state index is 0.110. The van der Waals surface area contributed by atoms with E-state index in [-0.39, 0.29) is 11.7 Å². The molecule has 0 fully saturated rings. The summed E-state index contributed by atoms with van der Waals surface area (Å²) in [4.78, 5) is 37.8. The van der Waals surface area contributed by atoms with E-state index in [0.717, 1.165) is 16.8 Å². The second-order valence-corrected chi connectivity index (χ2v) is 8.59. The van der Waals surface area contributed by atoms with E-state index in [1.165, 1.54) is 13.3 Å². The van der Waals surface area contributed by atoms with Gasteiger partial charge in [-0.3, -0.25) is 9.78 Å². The molecule has 0 unspecified atom stereocenters. The molecule has 9 nitrogen and oxygen atoms in total. The van der Waals surface area contributed by atoms with Crippen LogP contribution in [0.4, 0.5) is 11.4 Å². The number of rotatable bonds is 7. The Hall–Kier alpha value is -4.53. The van der Waals surface area contributed by atoms with E-state index in [4.69, 9.17) is 15.2 Å². The SMILES string of the molecule is COC(=O)c1cc(Nc2c(C(N)=O)cnc3cc(-c4cnc(C)nc4C)ccc23)cc(OC(C)C)c1. The Bertz CT molecular complexity index is 1480. The average molecular weight is 486 g/mol. The summed E-state index contributed by atoms with van der Waals surface area (Å²) in [5.74, 6) is 0.0260. The first-order chi connectivity index (χ1) is 17.2. The van der Waals surface area contributed by atoms with Crippen LogP contribution in [0.15, 0.2) is 48.8 Å². The van der Waals surface area contributed by atoms with E-state index in [1.807, 2.05) is 45.9 Å². The van der Waals surface area contributed by atoms with Gasteiger partial charge in [0.25, 0.3) is 5.91 Å². The van der Waals surface area contributed by atoms with Crippen molar-refractivity contribution in [2.24, 2.45) is 5.73 Å². The molecule has 3 N–H and O–H groups in total. The summed E-state index contributed by atoms with van der Waals surface area (Å²) in [7, 11) is 1.31. The highest BCUT2D eigenvalue weighted by Gasteiger charge is 2.17. The third-order valence-electron chi connectivity index (χ3n) is 5.51. The fourth-order valence-electron chi connectivity index (χ4n) is 3.94. The van der Waals surface area contributed by atoms with Crippen molar-refractivity contribution < 1.29 is 19.1 Å². The number of hydrogen-bond donors (Lipinski definition) is 2. The van der Waals surface area contributed by atoms with Crippen LogP contribution in [0, 0.1) is 13.8 Å². The number of amides is 1. The van der Waals surface area contributed by atoms with Gasteiger partial charge in [0.1, 0.15) is 11.6 Å². The quantitative estimate of drug-likeness (QED) is 0.360. The summed E-state index contributed by atoms with van der Waals surface area (Å²) < 4.78 is 10.7. The zero-order chi connectivity index (χ0) is 26.0. The van der Waals surface area contributed by atoms with Crippen LogP contribution in [0.5, 0.6) is 5.75 Å². The van der Waals surface area contributed by atoms with Gasteiger partial charge in [-0.15, -0.1) is 0 Å². The molecule has 0 aliphatic heterocycles. The maximum atomic E-state index is 12.3. The number of hydrogen-bond acceptors (Lipinski definition) is 8. The van der Waals surface area contributed by atoms with E-state index >= 15 is 0 Å². The summed E-state index contributed by atoms with van der Waals surface area (Å²) in [5.41, 5.74) is 10.5. The summed E-state index contributed by atoms with van der Waals surface area (Å²) in [6, 6.07) is 10.7. The molecule has 4 rings (SSSR count). The lowest BCUT2D eigenvalue weighted by Crippen LogP contribution is -2.14. The summed E-state index contributed by atoms with van der Waals surface area (Å²) in [6.45, 7) is 7.54. The first kappa shape index (κ1) is 24.6. The number of aryl methyl sites for hydroxylation is 2. The average Bonchev–Trinajstić information content (AvgIpc) is 2.82. The fourth-order valence-corrected chi connectivity index (χ4v) is 3.94.